The minimum Gasteiger partial charge on any atom is -0.444 e. The van der Waals surface area contributed by atoms with E-state index in [9.17, 15) is 27.9 Å². The van der Waals surface area contributed by atoms with Gasteiger partial charge >= 0.3 is 12.5 Å². The molecule has 0 bridgehead atoms. The Morgan fingerprint density at radius 2 is 1.76 bits per heavy atom. The zero-order valence-corrected chi connectivity index (χ0v) is 24.1. The number of fused-ring (bicyclic) bond motifs is 1. The van der Waals surface area contributed by atoms with E-state index in [-0.39, 0.29) is 23.9 Å². The number of hydrogen-bond acceptors (Lipinski definition) is 8. The highest BCUT2D eigenvalue weighted by molar-refractivity contribution is 7.99. The van der Waals surface area contributed by atoms with Crippen molar-refractivity contribution in [2.45, 2.75) is 75.3 Å². The van der Waals surface area contributed by atoms with Gasteiger partial charge in [0.05, 0.1) is 17.3 Å². The number of alkyl halides is 3. The smallest absolute Gasteiger partial charge is 0.444 e. The maximum absolute atomic E-state index is 15.3. The van der Waals surface area contributed by atoms with E-state index in [4.69, 9.17) is 9.47 Å². The number of anilines is 1. The second kappa shape index (κ2) is 13.0. The summed E-state index contributed by atoms with van der Waals surface area (Å²) in [5, 5.41) is 17.0. The number of nitrogens with one attached hydrogen (secondary N) is 2. The van der Waals surface area contributed by atoms with Crippen LogP contribution >= 0.6 is 11.8 Å². The van der Waals surface area contributed by atoms with Crippen LogP contribution in [-0.2, 0) is 16.0 Å². The van der Waals surface area contributed by atoms with Crippen molar-refractivity contribution in [2.24, 2.45) is 0 Å². The molecule has 2 heterocycles. The van der Waals surface area contributed by atoms with Crippen molar-refractivity contribution in [3.05, 3.63) is 53.3 Å². The van der Waals surface area contributed by atoms with Gasteiger partial charge in [0.1, 0.15) is 23.4 Å². The molecule has 2 atom stereocenters. The Balaban J connectivity index is 1.65. The van der Waals surface area contributed by atoms with Gasteiger partial charge in [0.15, 0.2) is 0 Å². The van der Waals surface area contributed by atoms with Crippen molar-refractivity contribution < 1.29 is 46.5 Å². The second-order valence-electron chi connectivity index (χ2n) is 11.0. The van der Waals surface area contributed by atoms with E-state index in [2.05, 4.69) is 15.4 Å². The largest absolute Gasteiger partial charge is 0.573 e. The lowest BCUT2D eigenvalue weighted by molar-refractivity contribution is -0.274. The number of ether oxygens (including phenoxy) is 3. The molecule has 230 valence electrons. The molecule has 14 heteroatoms. The van der Waals surface area contributed by atoms with Gasteiger partial charge in [-0.15, -0.1) is 24.9 Å². The Kier molecular flexibility index (Phi) is 9.78. The van der Waals surface area contributed by atoms with Crippen molar-refractivity contribution in [2.75, 3.05) is 23.9 Å². The second-order valence-corrected chi connectivity index (χ2v) is 12.0. The van der Waals surface area contributed by atoms with E-state index < -0.39 is 47.8 Å². The molecule has 42 heavy (non-hydrogen) atoms. The van der Waals surface area contributed by atoms with E-state index in [1.807, 2.05) is 0 Å². The fourth-order valence-electron chi connectivity index (χ4n) is 4.54. The van der Waals surface area contributed by atoms with Crippen LogP contribution in [-0.4, -0.2) is 66.3 Å². The number of carbonyl (C=O) groups is 2. The average molecular weight is 616 g/mol. The van der Waals surface area contributed by atoms with Crippen LogP contribution in [0, 0.1) is 5.82 Å². The standard InChI is InChI=1S/C28H33F4N3O6S/c1-27(2,3)41-26(38)34-21-15-42-23-13-20(29)19(24(36)33-17-8-10-39-11-9-17)12-22(23)35(25(21)37)14-16-4-6-18(7-5-16)40-28(30,31)32/h4-7,12-13,17,21,25,37H,8-11,14-15H2,1-3H3,(H,33,36)(H,34,38)/t21-,25?/m0/s1. The molecule has 0 radical (unpaired) electrons. The Labute approximate surface area is 244 Å². The summed E-state index contributed by atoms with van der Waals surface area (Å²) < 4.78 is 67.7. The number of thioether (sulfide) groups is 1. The molecule has 0 spiro atoms. The Hall–Kier alpha value is -3.23. The number of nitrogens with zero attached hydrogens (tertiary/aromatic N) is 1. The topological polar surface area (TPSA) is 109 Å². The van der Waals surface area contributed by atoms with Crippen LogP contribution in [0.5, 0.6) is 5.75 Å². The predicted molar refractivity (Wildman–Crippen MR) is 147 cm³/mol. The molecule has 1 unspecified atom stereocenters. The number of carbonyl (C=O) groups excluding carboxylic acids is 2. The number of benzene rings is 2. The summed E-state index contributed by atoms with van der Waals surface area (Å²) in [4.78, 5) is 27.5. The third kappa shape index (κ3) is 8.65. The van der Waals surface area contributed by atoms with Gasteiger partial charge in [0.25, 0.3) is 5.91 Å². The number of amides is 2. The molecule has 2 aromatic carbocycles. The lowest BCUT2D eigenvalue weighted by Gasteiger charge is -2.34. The van der Waals surface area contributed by atoms with E-state index in [1.54, 1.807) is 20.8 Å². The van der Waals surface area contributed by atoms with E-state index in [0.29, 0.717) is 42.2 Å². The Morgan fingerprint density at radius 1 is 1.10 bits per heavy atom. The van der Waals surface area contributed by atoms with Crippen molar-refractivity contribution >= 4 is 29.4 Å². The van der Waals surface area contributed by atoms with Crippen LogP contribution in [0.4, 0.5) is 28.0 Å². The van der Waals surface area contributed by atoms with E-state index in [1.165, 1.54) is 40.9 Å². The molecule has 2 aliphatic rings. The van der Waals surface area contributed by atoms with Crippen LogP contribution in [0.2, 0.25) is 0 Å². The van der Waals surface area contributed by atoms with Crippen LogP contribution in [0.25, 0.3) is 0 Å². The normalized spacial score (nSPS) is 19.9. The number of alkyl carbamates (subject to hydrolysis) is 1. The van der Waals surface area contributed by atoms with Gasteiger partial charge in [-0.25, -0.2) is 9.18 Å². The third-order valence-electron chi connectivity index (χ3n) is 6.47. The Morgan fingerprint density at radius 3 is 2.38 bits per heavy atom. The molecule has 1 fully saturated rings. The van der Waals surface area contributed by atoms with Gasteiger partial charge in [-0.2, -0.15) is 0 Å². The zero-order chi connectivity index (χ0) is 30.7. The van der Waals surface area contributed by atoms with Gasteiger partial charge in [-0.05, 0) is 63.4 Å². The number of halogens is 4. The van der Waals surface area contributed by atoms with Crippen LogP contribution in [0.15, 0.2) is 41.3 Å². The first kappa shape index (κ1) is 31.7. The molecule has 0 saturated carbocycles. The lowest BCUT2D eigenvalue weighted by Crippen LogP contribution is -2.53. The molecule has 0 aromatic heterocycles. The summed E-state index contributed by atoms with van der Waals surface area (Å²) in [6.07, 6.45) is -5.83. The molecule has 0 aliphatic carbocycles. The quantitative estimate of drug-likeness (QED) is 0.392. The van der Waals surface area contributed by atoms with Gasteiger partial charge in [-0.3, -0.25) is 4.79 Å². The first-order chi connectivity index (χ1) is 19.7. The SMILES string of the molecule is CC(C)(C)OC(=O)N[C@H]1CSc2cc(F)c(C(=O)NC3CCOCC3)cc2N(Cc2ccc(OC(F)(F)F)cc2)C1O. The fourth-order valence-corrected chi connectivity index (χ4v) is 5.66. The maximum Gasteiger partial charge on any atom is 0.573 e. The summed E-state index contributed by atoms with van der Waals surface area (Å²) >= 11 is 1.17. The summed E-state index contributed by atoms with van der Waals surface area (Å²) in [7, 11) is 0. The van der Waals surface area contributed by atoms with Gasteiger partial charge in [0.2, 0.25) is 0 Å². The van der Waals surface area contributed by atoms with Gasteiger partial charge in [0, 0.05) is 36.4 Å². The van der Waals surface area contributed by atoms with Crippen LogP contribution < -0.4 is 20.3 Å². The number of aliphatic hydroxyl groups is 1. The number of rotatable bonds is 6. The molecule has 3 N–H and O–H groups in total. The highest BCUT2D eigenvalue weighted by Crippen LogP contribution is 2.39. The summed E-state index contributed by atoms with van der Waals surface area (Å²) in [5.41, 5.74) is -0.235. The first-order valence-corrected chi connectivity index (χ1v) is 14.3. The molecular weight excluding hydrogens is 582 g/mol. The monoisotopic (exact) mass is 615 g/mol. The Bertz CT molecular complexity index is 1270. The first-order valence-electron chi connectivity index (χ1n) is 13.3. The van der Waals surface area contributed by atoms with Gasteiger partial charge in [-0.1, -0.05) is 12.1 Å². The maximum atomic E-state index is 15.3. The van der Waals surface area contributed by atoms with E-state index in [0.717, 1.165) is 12.1 Å². The zero-order valence-electron chi connectivity index (χ0n) is 23.3. The highest BCUT2D eigenvalue weighted by Gasteiger charge is 2.35. The van der Waals surface area contributed by atoms with Crippen LogP contribution in [0.3, 0.4) is 0 Å². The predicted octanol–water partition coefficient (Wildman–Crippen LogP) is 4.96. The van der Waals surface area contributed by atoms with Crippen molar-refractivity contribution in [3.63, 3.8) is 0 Å². The molecule has 2 aromatic rings. The molecule has 2 amide bonds. The minimum absolute atomic E-state index is 0.0554. The van der Waals surface area contributed by atoms with Crippen LogP contribution in [0.1, 0.15) is 49.5 Å². The summed E-state index contributed by atoms with van der Waals surface area (Å²) in [6.45, 7) is 5.97. The summed E-state index contributed by atoms with van der Waals surface area (Å²) in [6, 6.07) is 6.52. The molecule has 1 saturated heterocycles. The molecular formula is C28H33F4N3O6S. The van der Waals surface area contributed by atoms with Crippen molar-refractivity contribution in [3.8, 4) is 5.75 Å². The third-order valence-corrected chi connectivity index (χ3v) is 7.63. The highest BCUT2D eigenvalue weighted by atomic mass is 32.2. The summed E-state index contributed by atoms with van der Waals surface area (Å²) in [5.74, 6) is -1.66. The van der Waals surface area contributed by atoms with Crippen molar-refractivity contribution in [1.82, 2.24) is 10.6 Å². The average Bonchev–Trinajstić information content (AvgIpc) is 3.00. The molecule has 2 aliphatic heterocycles. The van der Waals surface area contributed by atoms with E-state index >= 15 is 4.39 Å². The van der Waals surface area contributed by atoms with Crippen molar-refractivity contribution in [1.29, 1.82) is 0 Å². The lowest BCUT2D eigenvalue weighted by atomic mass is 10.1. The minimum atomic E-state index is -4.86. The number of aliphatic hydroxyl groups excluding tert-OH is 1. The fraction of sp³-hybridized carbons (Fsp3) is 0.500. The van der Waals surface area contributed by atoms with Gasteiger partial charge < -0.3 is 34.9 Å². The molecule has 4 rings (SSSR count). The number of hydrogen-bond donors (Lipinski definition) is 3. The molecule has 9 nitrogen and oxygen atoms in total.